The van der Waals surface area contributed by atoms with Crippen LogP contribution in [0.5, 0.6) is 5.75 Å². The van der Waals surface area contributed by atoms with E-state index in [9.17, 15) is 4.79 Å². The van der Waals surface area contributed by atoms with Gasteiger partial charge in [-0.2, -0.15) is 0 Å². The molecule has 2 rings (SSSR count). The minimum atomic E-state index is -0.307. The van der Waals surface area contributed by atoms with Crippen LogP contribution in [-0.2, 0) is 10.2 Å². The van der Waals surface area contributed by atoms with E-state index in [1.807, 2.05) is 0 Å². The zero-order valence-electron chi connectivity index (χ0n) is 19.3. The fourth-order valence-corrected chi connectivity index (χ4v) is 5.45. The quantitative estimate of drug-likeness (QED) is 0.431. The van der Waals surface area contributed by atoms with Gasteiger partial charge in [0.25, 0.3) is 0 Å². The highest BCUT2D eigenvalue weighted by molar-refractivity contribution is 5.47. The molecule has 1 aromatic rings. The molecule has 1 aliphatic carbocycles. The van der Waals surface area contributed by atoms with Crippen molar-refractivity contribution in [3.63, 3.8) is 0 Å². The summed E-state index contributed by atoms with van der Waals surface area (Å²) < 4.78 is 6.32. The third kappa shape index (κ3) is 5.99. The lowest BCUT2D eigenvalue weighted by Crippen LogP contribution is -2.50. The molecule has 3 nitrogen and oxygen atoms in total. The molecule has 0 saturated heterocycles. The molecular weight excluding hydrogens is 346 g/mol. The maximum Gasteiger partial charge on any atom is 0.209 e. The molecule has 0 bridgehead atoms. The SMILES string of the molecule is CC(C)(C)CC(C)(C)c1ccc(OC(NC=O)C2(C)CCCC(C)(C)C2)cc1. The van der Waals surface area contributed by atoms with Crippen LogP contribution in [0.25, 0.3) is 0 Å². The molecule has 1 fully saturated rings. The third-order valence-electron chi connectivity index (χ3n) is 6.20. The van der Waals surface area contributed by atoms with E-state index in [1.54, 1.807) is 0 Å². The lowest BCUT2D eigenvalue weighted by atomic mass is 9.63. The number of benzene rings is 1. The number of carbonyl (C=O) groups is 1. The molecule has 1 amide bonds. The topological polar surface area (TPSA) is 38.3 Å². The summed E-state index contributed by atoms with van der Waals surface area (Å²) in [5, 5.41) is 2.95. The number of rotatable bonds is 7. The summed E-state index contributed by atoms with van der Waals surface area (Å²) in [7, 11) is 0. The van der Waals surface area contributed by atoms with Gasteiger partial charge in [0.1, 0.15) is 5.75 Å². The van der Waals surface area contributed by atoms with Gasteiger partial charge in [-0.05, 0) is 59.6 Å². The van der Waals surface area contributed by atoms with Crippen molar-refractivity contribution < 1.29 is 9.53 Å². The monoisotopic (exact) mass is 387 g/mol. The van der Waals surface area contributed by atoms with Crippen molar-refractivity contribution in [1.82, 2.24) is 5.32 Å². The van der Waals surface area contributed by atoms with Gasteiger partial charge in [-0.3, -0.25) is 4.79 Å². The smallest absolute Gasteiger partial charge is 0.209 e. The van der Waals surface area contributed by atoms with Crippen molar-refractivity contribution in [2.24, 2.45) is 16.2 Å². The molecule has 0 radical (unpaired) electrons. The number of amides is 1. The molecule has 158 valence electrons. The fourth-order valence-electron chi connectivity index (χ4n) is 5.45. The molecule has 2 unspecified atom stereocenters. The number of carbonyl (C=O) groups excluding carboxylic acids is 1. The van der Waals surface area contributed by atoms with E-state index in [4.69, 9.17) is 4.74 Å². The first kappa shape index (κ1) is 22.8. The number of nitrogens with one attached hydrogen (secondary N) is 1. The van der Waals surface area contributed by atoms with Gasteiger partial charge >= 0.3 is 0 Å². The molecule has 0 aliphatic heterocycles. The summed E-state index contributed by atoms with van der Waals surface area (Å²) in [5.41, 5.74) is 1.92. The maximum absolute atomic E-state index is 11.3. The van der Waals surface area contributed by atoms with E-state index >= 15 is 0 Å². The Labute approximate surface area is 172 Å². The van der Waals surface area contributed by atoms with Gasteiger partial charge in [0.05, 0.1) is 0 Å². The summed E-state index contributed by atoms with van der Waals surface area (Å²) in [6, 6.07) is 8.45. The molecule has 3 heteroatoms. The van der Waals surface area contributed by atoms with Gasteiger partial charge in [0, 0.05) is 5.41 Å². The van der Waals surface area contributed by atoms with Crippen LogP contribution in [0.15, 0.2) is 24.3 Å². The molecule has 1 aliphatic rings. The first-order valence-electron chi connectivity index (χ1n) is 10.7. The minimum absolute atomic E-state index is 0.0627. The molecule has 1 N–H and O–H groups in total. The first-order chi connectivity index (χ1) is 12.8. The van der Waals surface area contributed by atoms with Gasteiger partial charge in [0.2, 0.25) is 6.41 Å². The van der Waals surface area contributed by atoms with Crippen LogP contribution in [0, 0.1) is 16.2 Å². The Balaban J connectivity index is 2.17. The van der Waals surface area contributed by atoms with E-state index in [2.05, 4.69) is 85.0 Å². The molecule has 1 aromatic carbocycles. The first-order valence-corrected chi connectivity index (χ1v) is 10.7. The predicted molar refractivity (Wildman–Crippen MR) is 118 cm³/mol. The lowest BCUT2D eigenvalue weighted by Gasteiger charge is -2.46. The Morgan fingerprint density at radius 2 is 1.68 bits per heavy atom. The van der Waals surface area contributed by atoms with Crippen LogP contribution >= 0.6 is 0 Å². The predicted octanol–water partition coefficient (Wildman–Crippen LogP) is 6.46. The van der Waals surface area contributed by atoms with Crippen molar-refractivity contribution in [3.05, 3.63) is 29.8 Å². The molecule has 0 aromatic heterocycles. The van der Waals surface area contributed by atoms with E-state index in [1.165, 1.54) is 18.4 Å². The molecule has 0 spiro atoms. The highest BCUT2D eigenvalue weighted by Gasteiger charge is 2.43. The maximum atomic E-state index is 11.3. The Kier molecular flexibility index (Phi) is 6.57. The summed E-state index contributed by atoms with van der Waals surface area (Å²) in [6.07, 6.45) is 6.10. The summed E-state index contributed by atoms with van der Waals surface area (Å²) >= 11 is 0. The minimum Gasteiger partial charge on any atom is -0.470 e. The number of hydrogen-bond donors (Lipinski definition) is 1. The molecule has 2 atom stereocenters. The van der Waals surface area contributed by atoms with E-state index in [-0.39, 0.29) is 27.9 Å². The highest BCUT2D eigenvalue weighted by atomic mass is 16.5. The number of ether oxygens (including phenoxy) is 1. The number of hydrogen-bond acceptors (Lipinski definition) is 2. The van der Waals surface area contributed by atoms with Crippen LogP contribution in [0.1, 0.15) is 93.1 Å². The van der Waals surface area contributed by atoms with Gasteiger partial charge < -0.3 is 10.1 Å². The standard InChI is InChI=1S/C25H41NO2/c1-22(2,3)16-24(6,7)19-10-12-20(13-11-19)28-21(26-18-27)25(8)15-9-14-23(4,5)17-25/h10-13,18,21H,9,14-17H2,1-8H3,(H,26,27). The van der Waals surface area contributed by atoms with E-state index in [0.29, 0.717) is 0 Å². The second kappa shape index (κ2) is 8.08. The Morgan fingerprint density at radius 3 is 2.18 bits per heavy atom. The van der Waals surface area contributed by atoms with E-state index < -0.39 is 0 Å². The molecule has 1 saturated carbocycles. The molecule has 0 heterocycles. The van der Waals surface area contributed by atoms with Crippen molar-refractivity contribution in [1.29, 1.82) is 0 Å². The average Bonchev–Trinajstić information content (AvgIpc) is 2.51. The van der Waals surface area contributed by atoms with E-state index in [0.717, 1.165) is 31.4 Å². The van der Waals surface area contributed by atoms with Crippen molar-refractivity contribution in [2.45, 2.75) is 99.1 Å². The Morgan fingerprint density at radius 1 is 1.07 bits per heavy atom. The van der Waals surface area contributed by atoms with Gasteiger partial charge in [-0.25, -0.2) is 0 Å². The third-order valence-corrected chi connectivity index (χ3v) is 6.20. The van der Waals surface area contributed by atoms with Crippen LogP contribution in [0.4, 0.5) is 0 Å². The van der Waals surface area contributed by atoms with Crippen molar-refractivity contribution in [3.8, 4) is 5.75 Å². The normalized spacial score (nSPS) is 23.7. The summed E-state index contributed by atoms with van der Waals surface area (Å²) in [4.78, 5) is 11.3. The fraction of sp³-hybridized carbons (Fsp3) is 0.720. The van der Waals surface area contributed by atoms with Crippen LogP contribution < -0.4 is 10.1 Å². The summed E-state index contributed by atoms with van der Waals surface area (Å²) in [5.74, 6) is 0.819. The molecular formula is C25H41NO2. The van der Waals surface area contributed by atoms with Crippen LogP contribution in [0.2, 0.25) is 0 Å². The Hall–Kier alpha value is -1.51. The van der Waals surface area contributed by atoms with Crippen molar-refractivity contribution in [2.75, 3.05) is 0 Å². The van der Waals surface area contributed by atoms with Gasteiger partial charge in [0.15, 0.2) is 6.23 Å². The van der Waals surface area contributed by atoms with Gasteiger partial charge in [-0.15, -0.1) is 0 Å². The zero-order valence-corrected chi connectivity index (χ0v) is 19.3. The Bertz CT molecular complexity index is 654. The summed E-state index contributed by atoms with van der Waals surface area (Å²) in [6.45, 7) is 18.3. The molecule has 28 heavy (non-hydrogen) atoms. The van der Waals surface area contributed by atoms with Crippen molar-refractivity contribution >= 4 is 6.41 Å². The van der Waals surface area contributed by atoms with Gasteiger partial charge in [-0.1, -0.05) is 73.9 Å². The second-order valence-electron chi connectivity index (χ2n) is 11.8. The zero-order chi connectivity index (χ0) is 21.2. The average molecular weight is 388 g/mol. The lowest BCUT2D eigenvalue weighted by molar-refractivity contribution is -0.116. The largest absolute Gasteiger partial charge is 0.470 e. The van der Waals surface area contributed by atoms with Crippen LogP contribution in [-0.4, -0.2) is 12.6 Å². The van der Waals surface area contributed by atoms with Crippen LogP contribution in [0.3, 0.4) is 0 Å². The highest BCUT2D eigenvalue weighted by Crippen LogP contribution is 2.48. The second-order valence-corrected chi connectivity index (χ2v) is 11.8.